The van der Waals surface area contributed by atoms with Gasteiger partial charge in [0, 0.05) is 29.6 Å². The lowest BCUT2D eigenvalue weighted by molar-refractivity contribution is -0.116. The number of benzene rings is 2. The lowest BCUT2D eigenvalue weighted by Gasteiger charge is -2.07. The smallest absolute Gasteiger partial charge is 0.264 e. The molecule has 3 aromatic rings. The molecule has 0 aliphatic heterocycles. The molecule has 4 heteroatoms. The second-order valence-corrected chi connectivity index (χ2v) is 5.29. The van der Waals surface area contributed by atoms with Gasteiger partial charge in [-0.2, -0.15) is 5.10 Å². The minimum atomic E-state index is -0.298. The van der Waals surface area contributed by atoms with Gasteiger partial charge in [-0.25, -0.2) is 5.43 Å². The number of carbonyl (C=O) groups excluding carboxylic acids is 1. The first kappa shape index (κ1) is 16.3. The van der Waals surface area contributed by atoms with Crippen LogP contribution < -0.4 is 5.43 Å². The van der Waals surface area contributed by atoms with Gasteiger partial charge in [-0.1, -0.05) is 66.7 Å². The van der Waals surface area contributed by atoms with E-state index in [0.29, 0.717) is 5.71 Å². The Labute approximate surface area is 146 Å². The quantitative estimate of drug-likeness (QED) is 0.442. The predicted octanol–water partition coefficient (Wildman–Crippen LogP) is 3.66. The lowest BCUT2D eigenvalue weighted by atomic mass is 10.0. The molecule has 0 radical (unpaired) electrons. The summed E-state index contributed by atoms with van der Waals surface area (Å²) in [5.41, 5.74) is 6.03. The number of aromatic nitrogens is 1. The van der Waals surface area contributed by atoms with Gasteiger partial charge in [0.25, 0.3) is 5.91 Å². The Morgan fingerprint density at radius 1 is 0.880 bits per heavy atom. The molecule has 2 aromatic carbocycles. The number of hydrogen-bond acceptors (Lipinski definition) is 3. The van der Waals surface area contributed by atoms with E-state index in [4.69, 9.17) is 0 Å². The summed E-state index contributed by atoms with van der Waals surface area (Å²) in [7, 11) is 0. The second kappa shape index (κ2) is 8.36. The third-order valence-corrected chi connectivity index (χ3v) is 3.48. The van der Waals surface area contributed by atoms with Gasteiger partial charge in [0.05, 0.1) is 5.71 Å². The van der Waals surface area contributed by atoms with Crippen molar-refractivity contribution in [1.29, 1.82) is 0 Å². The van der Waals surface area contributed by atoms with Crippen LogP contribution in [0.15, 0.2) is 96.4 Å². The van der Waals surface area contributed by atoms with E-state index in [2.05, 4.69) is 15.5 Å². The van der Waals surface area contributed by atoms with Crippen LogP contribution in [0.5, 0.6) is 0 Å². The van der Waals surface area contributed by atoms with Gasteiger partial charge in [0.2, 0.25) is 0 Å². The Kier molecular flexibility index (Phi) is 5.46. The van der Waals surface area contributed by atoms with E-state index in [1.165, 1.54) is 6.08 Å². The maximum atomic E-state index is 12.1. The first-order chi connectivity index (χ1) is 12.3. The van der Waals surface area contributed by atoms with Gasteiger partial charge < -0.3 is 0 Å². The Hall–Kier alpha value is -3.53. The van der Waals surface area contributed by atoms with Crippen LogP contribution >= 0.6 is 0 Å². The standard InChI is InChI=1S/C21H17N3O/c25-20(14-13-17-8-7-15-22-16-17)23-24-21(18-9-3-1-4-10-18)19-11-5-2-6-12-19/h1-16H,(H,23,25). The summed E-state index contributed by atoms with van der Waals surface area (Å²) >= 11 is 0. The van der Waals surface area contributed by atoms with Crippen LogP contribution in [0.25, 0.3) is 6.08 Å². The van der Waals surface area contributed by atoms with E-state index in [1.807, 2.05) is 72.8 Å². The minimum Gasteiger partial charge on any atom is -0.268 e. The molecule has 4 nitrogen and oxygen atoms in total. The summed E-state index contributed by atoms with van der Waals surface area (Å²) in [6.07, 6.45) is 6.51. The van der Waals surface area contributed by atoms with E-state index < -0.39 is 0 Å². The Bertz CT molecular complexity index is 831. The number of pyridine rings is 1. The van der Waals surface area contributed by atoms with Crippen LogP contribution in [0.1, 0.15) is 16.7 Å². The van der Waals surface area contributed by atoms with Crippen molar-refractivity contribution >= 4 is 17.7 Å². The second-order valence-electron chi connectivity index (χ2n) is 5.29. The number of carbonyl (C=O) groups is 1. The summed E-state index contributed by atoms with van der Waals surface area (Å²) in [6, 6.07) is 23.2. The van der Waals surface area contributed by atoms with Gasteiger partial charge >= 0.3 is 0 Å². The molecule has 3 rings (SSSR count). The zero-order chi connectivity index (χ0) is 17.3. The monoisotopic (exact) mass is 327 g/mol. The third kappa shape index (κ3) is 4.72. The molecule has 0 unspecified atom stereocenters. The first-order valence-corrected chi connectivity index (χ1v) is 7.89. The minimum absolute atomic E-state index is 0.298. The van der Waals surface area contributed by atoms with Crippen LogP contribution in [-0.2, 0) is 4.79 Å². The van der Waals surface area contributed by atoms with Crippen LogP contribution in [0, 0.1) is 0 Å². The maximum absolute atomic E-state index is 12.1. The summed E-state index contributed by atoms with van der Waals surface area (Å²) in [5.74, 6) is -0.298. The number of hydrazone groups is 1. The Morgan fingerprint density at radius 2 is 1.52 bits per heavy atom. The largest absolute Gasteiger partial charge is 0.268 e. The van der Waals surface area contributed by atoms with Crippen molar-refractivity contribution in [2.45, 2.75) is 0 Å². The molecule has 0 bridgehead atoms. The average molecular weight is 327 g/mol. The van der Waals surface area contributed by atoms with Crippen molar-refractivity contribution < 1.29 is 4.79 Å². The highest BCUT2D eigenvalue weighted by Crippen LogP contribution is 2.10. The molecule has 0 atom stereocenters. The zero-order valence-corrected chi connectivity index (χ0v) is 13.5. The highest BCUT2D eigenvalue weighted by molar-refractivity contribution is 6.13. The zero-order valence-electron chi connectivity index (χ0n) is 13.5. The fourth-order valence-electron chi connectivity index (χ4n) is 2.28. The molecule has 0 saturated carbocycles. The van der Waals surface area contributed by atoms with Gasteiger partial charge in [-0.3, -0.25) is 9.78 Å². The van der Waals surface area contributed by atoms with Gasteiger partial charge in [-0.05, 0) is 17.7 Å². The van der Waals surface area contributed by atoms with E-state index >= 15 is 0 Å². The van der Waals surface area contributed by atoms with E-state index in [-0.39, 0.29) is 5.91 Å². The van der Waals surface area contributed by atoms with E-state index in [1.54, 1.807) is 18.5 Å². The van der Waals surface area contributed by atoms with Crippen molar-refractivity contribution in [3.8, 4) is 0 Å². The molecule has 0 fully saturated rings. The molecule has 122 valence electrons. The Balaban J connectivity index is 1.79. The Morgan fingerprint density at radius 3 is 2.08 bits per heavy atom. The molecule has 1 heterocycles. The maximum Gasteiger partial charge on any atom is 0.264 e. The molecular formula is C21H17N3O. The lowest BCUT2D eigenvalue weighted by Crippen LogP contribution is -2.18. The number of nitrogens with one attached hydrogen (secondary N) is 1. The molecule has 25 heavy (non-hydrogen) atoms. The molecule has 1 amide bonds. The van der Waals surface area contributed by atoms with Crippen molar-refractivity contribution in [1.82, 2.24) is 10.4 Å². The summed E-state index contributed by atoms with van der Waals surface area (Å²) in [5, 5.41) is 4.33. The summed E-state index contributed by atoms with van der Waals surface area (Å²) < 4.78 is 0. The van der Waals surface area contributed by atoms with Gasteiger partial charge in [0.15, 0.2) is 0 Å². The van der Waals surface area contributed by atoms with Crippen LogP contribution in [-0.4, -0.2) is 16.6 Å². The number of rotatable bonds is 5. The molecule has 1 N–H and O–H groups in total. The molecule has 0 aliphatic rings. The topological polar surface area (TPSA) is 54.4 Å². The fraction of sp³-hybridized carbons (Fsp3) is 0. The SMILES string of the molecule is O=C(C=Cc1cccnc1)NN=C(c1ccccc1)c1ccccc1. The third-order valence-electron chi connectivity index (χ3n) is 3.48. The van der Waals surface area contributed by atoms with Gasteiger partial charge in [-0.15, -0.1) is 0 Å². The van der Waals surface area contributed by atoms with Crippen molar-refractivity contribution in [2.24, 2.45) is 5.10 Å². The van der Waals surface area contributed by atoms with Crippen LogP contribution in [0.3, 0.4) is 0 Å². The normalized spacial score (nSPS) is 10.4. The molecule has 0 aliphatic carbocycles. The van der Waals surface area contributed by atoms with Crippen molar-refractivity contribution in [2.75, 3.05) is 0 Å². The van der Waals surface area contributed by atoms with Gasteiger partial charge in [0.1, 0.15) is 0 Å². The first-order valence-electron chi connectivity index (χ1n) is 7.89. The molecule has 0 spiro atoms. The van der Waals surface area contributed by atoms with Crippen LogP contribution in [0.2, 0.25) is 0 Å². The molecular weight excluding hydrogens is 310 g/mol. The van der Waals surface area contributed by atoms with E-state index in [9.17, 15) is 4.79 Å². The van der Waals surface area contributed by atoms with Crippen LogP contribution in [0.4, 0.5) is 0 Å². The van der Waals surface area contributed by atoms with Crippen molar-refractivity contribution in [3.05, 3.63) is 108 Å². The summed E-state index contributed by atoms with van der Waals surface area (Å²) in [6.45, 7) is 0. The average Bonchev–Trinajstić information content (AvgIpc) is 2.69. The predicted molar refractivity (Wildman–Crippen MR) is 99.9 cm³/mol. The molecule has 0 saturated heterocycles. The fourth-order valence-corrected chi connectivity index (χ4v) is 2.28. The van der Waals surface area contributed by atoms with E-state index in [0.717, 1.165) is 16.7 Å². The number of hydrogen-bond donors (Lipinski definition) is 1. The van der Waals surface area contributed by atoms with Crippen molar-refractivity contribution in [3.63, 3.8) is 0 Å². The summed E-state index contributed by atoms with van der Waals surface area (Å²) in [4.78, 5) is 16.1. The number of nitrogens with zero attached hydrogens (tertiary/aromatic N) is 2. The highest BCUT2D eigenvalue weighted by Gasteiger charge is 2.06. The highest BCUT2D eigenvalue weighted by atomic mass is 16.2. The number of amides is 1. The molecule has 1 aromatic heterocycles.